The Labute approximate surface area is 124 Å². The lowest BCUT2D eigenvalue weighted by molar-refractivity contribution is 0.666. The van der Waals surface area contributed by atoms with Gasteiger partial charge in [-0.2, -0.15) is 0 Å². The fraction of sp³-hybridized carbons (Fsp3) is 0.667. The summed E-state index contributed by atoms with van der Waals surface area (Å²) in [6.07, 6.45) is 4.42. The minimum Gasteiger partial charge on any atom is -0.359 e. The van der Waals surface area contributed by atoms with Crippen molar-refractivity contribution in [3.05, 3.63) is 22.3 Å². The van der Waals surface area contributed by atoms with Gasteiger partial charge in [0.25, 0.3) is 0 Å². The standard InChI is InChI=1S/C15H24BrN3/c1-4-5-17-8-12-7-14(16)9-18-15(12)19(3)10-13-6-11(13)2/h7,9,11,13,17H,4-6,8,10H2,1-3H3. The second-order valence-electron chi connectivity index (χ2n) is 5.67. The van der Waals surface area contributed by atoms with Gasteiger partial charge in [0.2, 0.25) is 0 Å². The van der Waals surface area contributed by atoms with E-state index >= 15 is 0 Å². The largest absolute Gasteiger partial charge is 0.359 e. The van der Waals surface area contributed by atoms with Gasteiger partial charge in [-0.15, -0.1) is 0 Å². The van der Waals surface area contributed by atoms with Crippen molar-refractivity contribution >= 4 is 21.7 Å². The second-order valence-corrected chi connectivity index (χ2v) is 6.58. The molecule has 1 aliphatic rings. The molecule has 0 aromatic carbocycles. The molecule has 2 rings (SSSR count). The van der Waals surface area contributed by atoms with Gasteiger partial charge in [-0.05, 0) is 53.2 Å². The van der Waals surface area contributed by atoms with Crippen LogP contribution in [0.5, 0.6) is 0 Å². The fourth-order valence-corrected chi connectivity index (χ4v) is 2.82. The van der Waals surface area contributed by atoms with Crippen molar-refractivity contribution in [3.8, 4) is 0 Å². The van der Waals surface area contributed by atoms with E-state index in [-0.39, 0.29) is 0 Å². The number of hydrogen-bond acceptors (Lipinski definition) is 3. The van der Waals surface area contributed by atoms with Crippen LogP contribution < -0.4 is 10.2 Å². The van der Waals surface area contributed by atoms with E-state index in [1.807, 2.05) is 6.20 Å². The van der Waals surface area contributed by atoms with Crippen molar-refractivity contribution in [1.82, 2.24) is 10.3 Å². The minimum atomic E-state index is 0.854. The normalized spacial score (nSPS) is 21.5. The van der Waals surface area contributed by atoms with Gasteiger partial charge >= 0.3 is 0 Å². The molecule has 1 saturated carbocycles. The summed E-state index contributed by atoms with van der Waals surface area (Å²) in [7, 11) is 2.16. The molecule has 1 aromatic heterocycles. The summed E-state index contributed by atoms with van der Waals surface area (Å²) in [6, 6.07) is 2.18. The Morgan fingerprint density at radius 2 is 2.26 bits per heavy atom. The zero-order valence-electron chi connectivity index (χ0n) is 12.1. The molecule has 4 heteroatoms. The number of anilines is 1. The van der Waals surface area contributed by atoms with Crippen LogP contribution in [0.25, 0.3) is 0 Å². The third kappa shape index (κ3) is 4.18. The number of hydrogen-bond donors (Lipinski definition) is 1. The highest BCUT2D eigenvalue weighted by molar-refractivity contribution is 9.10. The molecule has 2 atom stereocenters. The van der Waals surface area contributed by atoms with Gasteiger partial charge in [0.05, 0.1) is 0 Å². The molecule has 106 valence electrons. The Bertz CT molecular complexity index is 422. The summed E-state index contributed by atoms with van der Waals surface area (Å²) >= 11 is 3.52. The molecule has 0 saturated heterocycles. The zero-order valence-corrected chi connectivity index (χ0v) is 13.7. The number of nitrogens with zero attached hydrogens (tertiary/aromatic N) is 2. The molecule has 1 aromatic rings. The zero-order chi connectivity index (χ0) is 13.8. The summed E-state index contributed by atoms with van der Waals surface area (Å²) in [4.78, 5) is 6.91. The highest BCUT2D eigenvalue weighted by Crippen LogP contribution is 2.38. The summed E-state index contributed by atoms with van der Waals surface area (Å²) < 4.78 is 1.05. The summed E-state index contributed by atoms with van der Waals surface area (Å²) in [5.74, 6) is 2.86. The van der Waals surface area contributed by atoms with E-state index in [0.29, 0.717) is 0 Å². The number of nitrogens with one attached hydrogen (secondary N) is 1. The second kappa shape index (κ2) is 6.71. The van der Waals surface area contributed by atoms with Crippen LogP contribution in [0.1, 0.15) is 32.3 Å². The van der Waals surface area contributed by atoms with Crippen molar-refractivity contribution in [2.24, 2.45) is 11.8 Å². The van der Waals surface area contributed by atoms with Crippen molar-refractivity contribution in [1.29, 1.82) is 0 Å². The third-order valence-electron chi connectivity index (χ3n) is 3.80. The first kappa shape index (κ1) is 14.8. The molecule has 3 nitrogen and oxygen atoms in total. The Morgan fingerprint density at radius 1 is 1.53 bits per heavy atom. The lowest BCUT2D eigenvalue weighted by Gasteiger charge is -2.21. The predicted octanol–water partition coefficient (Wildman–Crippen LogP) is 3.44. The molecular formula is C15H24BrN3. The molecule has 1 aliphatic carbocycles. The topological polar surface area (TPSA) is 28.2 Å². The summed E-state index contributed by atoms with van der Waals surface area (Å²) in [5, 5.41) is 3.46. The lowest BCUT2D eigenvalue weighted by atomic mass is 10.2. The number of aromatic nitrogens is 1. The van der Waals surface area contributed by atoms with Crippen LogP contribution in [0, 0.1) is 11.8 Å². The van der Waals surface area contributed by atoms with Crippen molar-refractivity contribution in [2.45, 2.75) is 33.2 Å². The molecule has 2 unspecified atom stereocenters. The fourth-order valence-electron chi connectivity index (χ4n) is 2.44. The Hall–Kier alpha value is -0.610. The highest BCUT2D eigenvalue weighted by Gasteiger charge is 2.33. The van der Waals surface area contributed by atoms with Crippen LogP contribution >= 0.6 is 15.9 Å². The smallest absolute Gasteiger partial charge is 0.132 e. The SMILES string of the molecule is CCCNCc1cc(Br)cnc1N(C)CC1CC1C. The first-order valence-electron chi connectivity index (χ1n) is 7.18. The van der Waals surface area contributed by atoms with E-state index in [1.54, 1.807) is 0 Å². The van der Waals surface area contributed by atoms with Crippen LogP contribution in [-0.4, -0.2) is 25.1 Å². The van der Waals surface area contributed by atoms with E-state index in [1.165, 1.54) is 12.0 Å². The van der Waals surface area contributed by atoms with Gasteiger partial charge in [0.15, 0.2) is 0 Å². The molecule has 0 amide bonds. The van der Waals surface area contributed by atoms with Gasteiger partial charge in [-0.25, -0.2) is 4.98 Å². The maximum atomic E-state index is 4.60. The highest BCUT2D eigenvalue weighted by atomic mass is 79.9. The van der Waals surface area contributed by atoms with Crippen LogP contribution in [-0.2, 0) is 6.54 Å². The molecule has 19 heavy (non-hydrogen) atoms. The van der Waals surface area contributed by atoms with E-state index in [0.717, 1.165) is 48.2 Å². The van der Waals surface area contributed by atoms with Crippen LogP contribution in [0.2, 0.25) is 0 Å². The van der Waals surface area contributed by atoms with Gasteiger partial charge in [0.1, 0.15) is 5.82 Å². The molecule has 1 fully saturated rings. The molecule has 1 heterocycles. The number of pyridine rings is 1. The monoisotopic (exact) mass is 325 g/mol. The van der Waals surface area contributed by atoms with Gasteiger partial charge < -0.3 is 10.2 Å². The molecule has 0 radical (unpaired) electrons. The molecule has 0 aliphatic heterocycles. The Kier molecular flexibility index (Phi) is 5.22. The third-order valence-corrected chi connectivity index (χ3v) is 4.23. The van der Waals surface area contributed by atoms with Gasteiger partial charge in [-0.1, -0.05) is 13.8 Å². The van der Waals surface area contributed by atoms with E-state index in [2.05, 4.69) is 58.1 Å². The number of rotatable bonds is 7. The molecule has 0 bridgehead atoms. The first-order valence-corrected chi connectivity index (χ1v) is 7.97. The predicted molar refractivity (Wildman–Crippen MR) is 84.5 cm³/mol. The van der Waals surface area contributed by atoms with E-state index < -0.39 is 0 Å². The number of halogens is 1. The van der Waals surface area contributed by atoms with Crippen LogP contribution in [0.3, 0.4) is 0 Å². The summed E-state index contributed by atoms with van der Waals surface area (Å²) in [6.45, 7) is 7.58. The average Bonchev–Trinajstić information content (AvgIpc) is 3.05. The van der Waals surface area contributed by atoms with Crippen LogP contribution in [0.15, 0.2) is 16.7 Å². The Balaban J connectivity index is 2.04. The Morgan fingerprint density at radius 3 is 2.89 bits per heavy atom. The molecule has 0 spiro atoms. The van der Waals surface area contributed by atoms with Crippen LogP contribution in [0.4, 0.5) is 5.82 Å². The first-order chi connectivity index (χ1) is 9.11. The van der Waals surface area contributed by atoms with Gasteiger partial charge in [0, 0.05) is 36.4 Å². The lowest BCUT2D eigenvalue weighted by Crippen LogP contribution is -2.25. The van der Waals surface area contributed by atoms with Crippen molar-refractivity contribution in [3.63, 3.8) is 0 Å². The summed E-state index contributed by atoms with van der Waals surface area (Å²) in [5.41, 5.74) is 1.28. The minimum absolute atomic E-state index is 0.854. The maximum absolute atomic E-state index is 4.60. The molecule has 1 N–H and O–H groups in total. The quantitative estimate of drug-likeness (QED) is 0.778. The molecular weight excluding hydrogens is 302 g/mol. The van der Waals surface area contributed by atoms with E-state index in [4.69, 9.17) is 0 Å². The van der Waals surface area contributed by atoms with Crippen molar-refractivity contribution in [2.75, 3.05) is 25.0 Å². The van der Waals surface area contributed by atoms with Gasteiger partial charge in [-0.3, -0.25) is 0 Å². The van der Waals surface area contributed by atoms with E-state index in [9.17, 15) is 0 Å². The van der Waals surface area contributed by atoms with Crippen molar-refractivity contribution < 1.29 is 0 Å². The maximum Gasteiger partial charge on any atom is 0.132 e. The average molecular weight is 326 g/mol.